The van der Waals surface area contributed by atoms with E-state index in [1.807, 2.05) is 37.7 Å². The molecule has 6 rings (SSSR count). The van der Waals surface area contributed by atoms with Crippen molar-refractivity contribution in [3.05, 3.63) is 0 Å². The molecule has 32 heteroatoms. The SMILES string of the molecule is C.C.C.C#CCCN(C)[C@H]1C[C@@H](C)O[C@@H](O[C@@H]2[C@@H](C)[C@H](O[C@H]3C[C@@](C)(OC)[C@@H](O)[C@H](C)O3)[C@@H](C)C(=O)O[C@H](CC)[C@@](C)(O)[C@H](O)[C@@H](C)/C(=N/O)[C@H](C)C[C@@]2(C)O)[C@@H]1O.C#CCCN(C)[C@H]1C[C@@H](C)O[C@@H](O[C@@H]2[C@@H](C)[C@H](O[C@H]3C[C@@](C)(OC)[C@@H](O)[C@H](C)O3)[C@@H](C)C(=O)O[C@H](CC)[C@@](C)(O)[C@H](O)[C@@H](C)C(=O)[C@H](C)C[C@@]2(C)O)[C@@H]1O.Cl.NO. The van der Waals surface area contributed by atoms with Crippen LogP contribution in [0, 0.1) is 72.0 Å². The third-order valence-electron chi connectivity index (χ3n) is 24.8. The fourth-order valence-electron chi connectivity index (χ4n) is 17.7. The summed E-state index contributed by atoms with van der Waals surface area (Å²) in [5, 5.41) is 137. The number of nitrogens with zero attached hydrogens (tertiary/aromatic N) is 3. The Kier molecular flexibility index (Phi) is 45.8. The van der Waals surface area contributed by atoms with E-state index in [1.165, 1.54) is 41.9 Å². The number of hydrogen-bond acceptors (Lipinski definition) is 31. The van der Waals surface area contributed by atoms with E-state index in [1.54, 1.807) is 96.9 Å². The second kappa shape index (κ2) is 47.2. The van der Waals surface area contributed by atoms with Crippen LogP contribution in [0.5, 0.6) is 0 Å². The highest BCUT2D eigenvalue weighted by atomic mass is 35.5. The van der Waals surface area contributed by atoms with Crippen molar-refractivity contribution in [3.63, 3.8) is 0 Å². The zero-order chi connectivity index (χ0) is 84.9. The number of likely N-dealkylation sites (N-methyl/N-ethyl adjacent to an activating group) is 2. The van der Waals surface area contributed by atoms with Crippen molar-refractivity contribution in [3.8, 4) is 24.7 Å². The number of halogens is 1. The summed E-state index contributed by atoms with van der Waals surface area (Å²) in [7, 11) is 6.68. The number of hydrogen-bond donors (Lipinski definition) is 13. The Morgan fingerprint density at radius 3 is 1.16 bits per heavy atom. The topological polar surface area (TPSA) is 450 Å². The molecule has 0 saturated carbocycles. The summed E-state index contributed by atoms with van der Waals surface area (Å²) < 4.78 is 74.7. The standard InChI is InChI=1S/C40H70N2O13.C40H69NO13.3CH4.ClH.H3NO/c1-14-16-17-42(12)27-18-22(4)51-37(31(27)43)55-35-24(6)32(54-29-20-39(10,50-13)34(45)26(8)52-29)25(7)36(46)53-28(15-2)40(11,48)33(44)23(5)30(41-49)21(3)19-38(35,9)47;1-14-16-17-41(12)27-18-22(4)50-37(31(27)43)54-35-24(6)32(53-29-20-39(10,49-13)34(45)26(8)51-29)25(7)36(46)52-28(15-2)40(11,48)33(44)23(5)30(42)21(3)19-38(35,9)47;;;;;1-2/h1,21-29,31-35,37,43-45,47-49H,15-20H2,2-13H3;1,21-29,31-35,37,43-45,47-48H,15-20H2,2-13H3;3*1H4;1H;2H,1H2/b41-30+;;;;;;/t2*21-,22-,23+,24+,25-,26+,27+,28-,29+,31-,32+,33-,34+,35-,37+,38-,39-,40-;;;;;/m11...../s1. The maximum Gasteiger partial charge on any atom is 0.311 e. The number of carbonyl (C=O) groups excluding carboxylic acids is 3. The van der Waals surface area contributed by atoms with Gasteiger partial charge in [0.25, 0.3) is 0 Å². The summed E-state index contributed by atoms with van der Waals surface area (Å²) in [4.78, 5) is 46.1. The van der Waals surface area contributed by atoms with Gasteiger partial charge in [-0.2, -0.15) is 0 Å². The smallest absolute Gasteiger partial charge is 0.311 e. The summed E-state index contributed by atoms with van der Waals surface area (Å²) in [6.07, 6.45) is -7.99. The lowest BCUT2D eigenvalue weighted by Gasteiger charge is -2.49. The van der Waals surface area contributed by atoms with Crippen LogP contribution in [0.25, 0.3) is 0 Å². The highest BCUT2D eigenvalue weighted by Gasteiger charge is 2.57. The summed E-state index contributed by atoms with van der Waals surface area (Å²) in [6.45, 7) is 33.9. The number of cyclic esters (lactones) is 2. The minimum Gasteiger partial charge on any atom is -0.459 e. The molecule has 14 N–H and O–H groups in total. The van der Waals surface area contributed by atoms with E-state index >= 15 is 0 Å². The number of terminal acetylenes is 2. The molecule has 31 nitrogen and oxygen atoms in total. The van der Waals surface area contributed by atoms with Crippen molar-refractivity contribution in [2.24, 2.45) is 58.4 Å². The summed E-state index contributed by atoms with van der Waals surface area (Å²) in [6, 6.07) is -0.797. The minimum atomic E-state index is -2.01. The van der Waals surface area contributed by atoms with Gasteiger partial charge in [0.1, 0.15) is 53.6 Å². The van der Waals surface area contributed by atoms with E-state index < -0.39 is 221 Å². The van der Waals surface area contributed by atoms with Crippen LogP contribution < -0.4 is 5.90 Å². The maximum absolute atomic E-state index is 14.2. The first-order valence-corrected chi connectivity index (χ1v) is 39.5. The van der Waals surface area contributed by atoms with Gasteiger partial charge in [0, 0.05) is 101 Å². The molecule has 0 aromatic rings. The molecule has 6 saturated heterocycles. The van der Waals surface area contributed by atoms with Gasteiger partial charge in [0.2, 0.25) is 0 Å². The van der Waals surface area contributed by atoms with Crippen LogP contribution in [0.4, 0.5) is 0 Å². The number of esters is 2. The third kappa shape index (κ3) is 26.8. The number of ether oxygens (including phenoxy) is 12. The molecule has 0 radical (unpaired) electrons. The van der Waals surface area contributed by atoms with Gasteiger partial charge in [-0.15, -0.1) is 37.1 Å². The molecule has 0 aliphatic carbocycles. The van der Waals surface area contributed by atoms with Crippen molar-refractivity contribution < 1.29 is 133 Å². The predicted octanol–water partition coefficient (Wildman–Crippen LogP) is 6.28. The molecule has 6 fully saturated rings. The Balaban J connectivity index is 0.00000214. The summed E-state index contributed by atoms with van der Waals surface area (Å²) in [5.41, 5.74) is -9.64. The Morgan fingerprint density at radius 2 is 0.843 bits per heavy atom. The van der Waals surface area contributed by atoms with Gasteiger partial charge >= 0.3 is 11.9 Å². The molecule has 0 unspecified atom stereocenters. The van der Waals surface area contributed by atoms with Crippen LogP contribution in [0.1, 0.15) is 225 Å². The Labute approximate surface area is 693 Å². The fourth-order valence-corrected chi connectivity index (χ4v) is 17.7. The van der Waals surface area contributed by atoms with Crippen molar-refractivity contribution in [1.29, 1.82) is 0 Å². The zero-order valence-corrected chi connectivity index (χ0v) is 71.6. The minimum absolute atomic E-state index is 0. The highest BCUT2D eigenvalue weighted by molar-refractivity contribution is 5.89. The third-order valence-corrected chi connectivity index (χ3v) is 24.8. The van der Waals surface area contributed by atoms with E-state index in [-0.39, 0.29) is 91.1 Å². The van der Waals surface area contributed by atoms with E-state index in [0.717, 1.165) is 0 Å². The molecule has 0 amide bonds. The van der Waals surface area contributed by atoms with Crippen LogP contribution in [-0.4, -0.2) is 305 Å². The Bertz CT molecular complexity index is 3020. The molecule has 115 heavy (non-hydrogen) atoms. The number of methoxy groups -OCH3 is 2. The second-order valence-electron chi connectivity index (χ2n) is 34.0. The average molecular weight is 1680 g/mol. The normalized spacial score (nSPS) is 45.1. The van der Waals surface area contributed by atoms with Gasteiger partial charge in [-0.05, 0) is 136 Å². The number of rotatable bonds is 18. The first kappa shape index (κ1) is 112. The maximum atomic E-state index is 14.2. The van der Waals surface area contributed by atoms with Crippen LogP contribution in [0.3, 0.4) is 0 Å². The highest BCUT2D eigenvalue weighted by Crippen LogP contribution is 2.45. The van der Waals surface area contributed by atoms with Gasteiger partial charge in [-0.25, -0.2) is 5.90 Å². The number of aliphatic hydroxyl groups is 10. The van der Waals surface area contributed by atoms with E-state index in [9.17, 15) is 70.7 Å². The largest absolute Gasteiger partial charge is 0.459 e. The number of oxime groups is 1. The molecule has 0 aromatic carbocycles. The van der Waals surface area contributed by atoms with Gasteiger partial charge in [-0.3, -0.25) is 24.2 Å². The van der Waals surface area contributed by atoms with Crippen molar-refractivity contribution >= 4 is 35.8 Å². The number of carbonyl (C=O) groups is 3. The van der Waals surface area contributed by atoms with E-state index in [4.69, 9.17) is 74.9 Å². The monoisotopic (exact) mass is 1680 g/mol. The van der Waals surface area contributed by atoms with Crippen molar-refractivity contribution in [2.75, 3.05) is 41.4 Å². The summed E-state index contributed by atoms with van der Waals surface area (Å²) >= 11 is 0. The molecule has 0 spiro atoms. The summed E-state index contributed by atoms with van der Waals surface area (Å²) in [5.74, 6) is -0.667. The molecule has 676 valence electrons. The molecule has 36 atom stereocenters. The van der Waals surface area contributed by atoms with Crippen molar-refractivity contribution in [1.82, 2.24) is 9.80 Å². The molecular weight excluding hydrogens is 1520 g/mol. The van der Waals surface area contributed by atoms with Crippen LogP contribution in [0.15, 0.2) is 5.16 Å². The van der Waals surface area contributed by atoms with Crippen LogP contribution in [-0.2, 0) is 71.2 Å². The average Bonchev–Trinajstić information content (AvgIpc) is 0.774. The quantitative estimate of drug-likeness (QED) is 0.0310. The first-order valence-electron chi connectivity index (χ1n) is 39.5. The van der Waals surface area contributed by atoms with Crippen LogP contribution >= 0.6 is 12.4 Å². The predicted molar refractivity (Wildman–Crippen MR) is 435 cm³/mol. The molecule has 6 aliphatic heterocycles. The number of Topliss-reactive ketones (excluding diaryl/α,β-unsaturated/α-hetero) is 1. The van der Waals surface area contributed by atoms with Gasteiger partial charge in [0.15, 0.2) is 25.2 Å². The lowest BCUT2D eigenvalue weighted by molar-refractivity contribution is -0.318. The van der Waals surface area contributed by atoms with Crippen LogP contribution in [0.2, 0.25) is 0 Å². The lowest BCUT2D eigenvalue weighted by atomic mass is 9.73. The zero-order valence-electron chi connectivity index (χ0n) is 70.8. The number of aliphatic hydroxyl groups excluding tert-OH is 6. The Hall–Kier alpha value is -3.47. The fraction of sp³-hybridized carbons (Fsp3) is 0.904. The lowest BCUT2D eigenvalue weighted by Crippen LogP contribution is -2.61. The Morgan fingerprint density at radius 1 is 0.513 bits per heavy atom. The second-order valence-corrected chi connectivity index (χ2v) is 34.0. The number of ketones is 1. The molecule has 0 bridgehead atoms. The molecule has 0 aromatic heterocycles. The van der Waals surface area contributed by atoms with Crippen molar-refractivity contribution in [2.45, 2.75) is 393 Å². The van der Waals surface area contributed by atoms with E-state index in [0.29, 0.717) is 38.8 Å². The number of nitrogens with two attached hydrogens (primary N) is 1. The molecule has 6 aliphatic rings. The van der Waals surface area contributed by atoms with Gasteiger partial charge in [0.05, 0.1) is 101 Å². The van der Waals surface area contributed by atoms with E-state index in [2.05, 4.69) is 22.9 Å². The molecular formula is C83H155ClN4O27. The molecule has 6 heterocycles. The van der Waals surface area contributed by atoms with Gasteiger partial charge < -0.3 is 118 Å². The van der Waals surface area contributed by atoms with Gasteiger partial charge in [-0.1, -0.05) is 82.8 Å². The first-order chi connectivity index (χ1) is 51.5.